The van der Waals surface area contributed by atoms with Crippen LogP contribution in [0.1, 0.15) is 74.6 Å². The number of nitrogens with two attached hydrogens (primary N) is 1. The molecular formula is C44H52N8O5. The molecule has 5 aromatic rings. The molecule has 2 bridgehead atoms. The van der Waals surface area contributed by atoms with Gasteiger partial charge in [0.15, 0.2) is 0 Å². The second-order valence-electron chi connectivity index (χ2n) is 15.3. The van der Waals surface area contributed by atoms with Crippen molar-refractivity contribution >= 4 is 24.1 Å². The lowest BCUT2D eigenvalue weighted by atomic mass is 9.88. The number of anilines is 1. The highest BCUT2D eigenvalue weighted by Crippen LogP contribution is 2.52. The van der Waals surface area contributed by atoms with Crippen LogP contribution in [0.2, 0.25) is 0 Å². The van der Waals surface area contributed by atoms with Crippen LogP contribution in [-0.2, 0) is 25.6 Å². The van der Waals surface area contributed by atoms with E-state index in [1.807, 2.05) is 36.7 Å². The fourth-order valence-corrected chi connectivity index (χ4v) is 8.58. The Morgan fingerprint density at radius 1 is 0.860 bits per heavy atom. The van der Waals surface area contributed by atoms with Gasteiger partial charge in [-0.05, 0) is 90.8 Å². The molecule has 6 atom stereocenters. The SMILES string of the molecule is COC(=O)NC(C(=O)N1CCCC1c1ncc(-c2ccc(-c3ccc(-c4cnc(C5CC6CCC5C6)[nH]4)cc3)cc2)[nH]1)C(C)OC.Nc1ccc(CNC=O)cc1. The van der Waals surface area contributed by atoms with Crippen molar-refractivity contribution in [1.82, 2.24) is 35.5 Å². The van der Waals surface area contributed by atoms with Gasteiger partial charge in [-0.25, -0.2) is 14.8 Å². The van der Waals surface area contributed by atoms with Crippen molar-refractivity contribution in [2.75, 3.05) is 26.5 Å². The monoisotopic (exact) mass is 772 g/mol. The number of amides is 3. The summed E-state index contributed by atoms with van der Waals surface area (Å²) in [4.78, 5) is 53.7. The molecule has 2 aliphatic carbocycles. The molecule has 8 rings (SSSR count). The van der Waals surface area contributed by atoms with E-state index in [-0.39, 0.29) is 11.9 Å². The van der Waals surface area contributed by atoms with Crippen LogP contribution in [0.15, 0.2) is 85.2 Å². The molecule has 3 amide bonds. The summed E-state index contributed by atoms with van der Waals surface area (Å²) >= 11 is 0. The summed E-state index contributed by atoms with van der Waals surface area (Å²) in [5.41, 5.74) is 13.7. The zero-order chi connectivity index (χ0) is 39.9. The number of nitrogens with one attached hydrogen (secondary N) is 4. The minimum absolute atomic E-state index is 0.218. The van der Waals surface area contributed by atoms with E-state index in [2.05, 4.69) is 74.1 Å². The van der Waals surface area contributed by atoms with E-state index in [4.69, 9.17) is 20.2 Å². The molecule has 0 spiro atoms. The first-order valence-electron chi connectivity index (χ1n) is 19.7. The predicted molar refractivity (Wildman–Crippen MR) is 218 cm³/mol. The number of nitrogens with zero attached hydrogens (tertiary/aromatic N) is 3. The van der Waals surface area contributed by atoms with Crippen molar-refractivity contribution in [2.45, 2.75) is 76.1 Å². The van der Waals surface area contributed by atoms with Gasteiger partial charge in [-0.15, -0.1) is 0 Å². The van der Waals surface area contributed by atoms with Gasteiger partial charge in [-0.3, -0.25) is 9.59 Å². The van der Waals surface area contributed by atoms with Crippen LogP contribution in [-0.4, -0.2) is 76.2 Å². The molecule has 13 heteroatoms. The number of H-pyrrole nitrogens is 2. The predicted octanol–water partition coefficient (Wildman–Crippen LogP) is 6.98. The molecule has 3 aromatic carbocycles. The van der Waals surface area contributed by atoms with Crippen LogP contribution in [0.25, 0.3) is 33.6 Å². The minimum Gasteiger partial charge on any atom is -0.453 e. The molecule has 2 saturated carbocycles. The van der Waals surface area contributed by atoms with Crippen LogP contribution in [0.5, 0.6) is 0 Å². The average Bonchev–Trinajstić information content (AvgIpc) is 4.11. The van der Waals surface area contributed by atoms with Gasteiger partial charge >= 0.3 is 6.09 Å². The van der Waals surface area contributed by atoms with Crippen LogP contribution in [0.3, 0.4) is 0 Å². The summed E-state index contributed by atoms with van der Waals surface area (Å²) < 4.78 is 10.1. The fourth-order valence-electron chi connectivity index (χ4n) is 8.58. The van der Waals surface area contributed by atoms with E-state index >= 15 is 0 Å². The highest BCUT2D eigenvalue weighted by molar-refractivity contribution is 5.87. The summed E-state index contributed by atoms with van der Waals surface area (Å²) in [6.45, 7) is 2.89. The Hall–Kier alpha value is -5.95. The molecule has 0 radical (unpaired) electrons. The van der Waals surface area contributed by atoms with Gasteiger partial charge in [0.2, 0.25) is 12.3 Å². The molecule has 6 N–H and O–H groups in total. The van der Waals surface area contributed by atoms with Crippen LogP contribution in [0.4, 0.5) is 10.5 Å². The van der Waals surface area contributed by atoms with Gasteiger partial charge in [0, 0.05) is 31.8 Å². The standard InChI is InChI=1S/C36H42N6O4.C8H10N2O/c1-21(45-2)32(41-36(44)46-3)35(43)42-16-4-5-31(42)34-38-20-30(40-34)26-14-10-24(11-15-26)23-8-12-25(13-9-23)29-19-37-33(39-29)28-18-22-6-7-27(28)17-22;9-8-3-1-7(2-4-8)5-10-6-11/h8-15,19-22,27-28,31-32H,4-7,16-18H2,1-3H3,(H,37,39)(H,38,40)(H,41,44);1-4,6H,5,9H2,(H,10,11). The summed E-state index contributed by atoms with van der Waals surface area (Å²) in [5, 5.41) is 5.19. The number of hydrogen-bond donors (Lipinski definition) is 5. The van der Waals surface area contributed by atoms with Crippen molar-refractivity contribution in [3.8, 4) is 33.6 Å². The molecular weight excluding hydrogens is 721 g/mol. The second-order valence-corrected chi connectivity index (χ2v) is 15.3. The number of hydrogen-bond acceptors (Lipinski definition) is 8. The molecule has 3 heterocycles. The van der Waals surface area contributed by atoms with E-state index < -0.39 is 18.2 Å². The number of aromatic amines is 2. The summed E-state index contributed by atoms with van der Waals surface area (Å²) in [6, 6.07) is 23.4. The number of methoxy groups -OCH3 is 2. The summed E-state index contributed by atoms with van der Waals surface area (Å²) in [6.07, 6.45) is 10.3. The number of likely N-dealkylation sites (tertiary alicyclic amines) is 1. The van der Waals surface area contributed by atoms with Gasteiger partial charge < -0.3 is 40.7 Å². The van der Waals surface area contributed by atoms with Gasteiger partial charge in [-0.1, -0.05) is 67.1 Å². The Morgan fingerprint density at radius 2 is 1.47 bits per heavy atom. The van der Waals surface area contributed by atoms with E-state index in [9.17, 15) is 14.4 Å². The number of carbonyl (C=O) groups is 3. The molecule has 3 aliphatic rings. The third-order valence-corrected chi connectivity index (χ3v) is 11.8. The summed E-state index contributed by atoms with van der Waals surface area (Å²) in [5.74, 6) is 3.98. The minimum atomic E-state index is -0.863. The molecule has 1 saturated heterocycles. The van der Waals surface area contributed by atoms with Crippen molar-refractivity contribution in [2.24, 2.45) is 11.8 Å². The molecule has 57 heavy (non-hydrogen) atoms. The zero-order valence-electron chi connectivity index (χ0n) is 32.7. The Bertz CT molecular complexity index is 2110. The maximum Gasteiger partial charge on any atom is 0.407 e. The topological polar surface area (TPSA) is 180 Å². The van der Waals surface area contributed by atoms with Crippen LogP contribution < -0.4 is 16.4 Å². The lowest BCUT2D eigenvalue weighted by Gasteiger charge is -2.30. The smallest absolute Gasteiger partial charge is 0.407 e. The van der Waals surface area contributed by atoms with Crippen molar-refractivity contribution in [3.63, 3.8) is 0 Å². The molecule has 1 aliphatic heterocycles. The lowest BCUT2D eigenvalue weighted by Crippen LogP contribution is -2.54. The first kappa shape index (κ1) is 39.3. The van der Waals surface area contributed by atoms with Crippen molar-refractivity contribution < 1.29 is 23.9 Å². The van der Waals surface area contributed by atoms with Crippen molar-refractivity contribution in [3.05, 3.63) is 102 Å². The number of aromatic nitrogens is 4. The van der Waals surface area contributed by atoms with Gasteiger partial charge in [0.25, 0.3) is 0 Å². The highest BCUT2D eigenvalue weighted by atomic mass is 16.5. The van der Waals surface area contributed by atoms with Gasteiger partial charge in [0.1, 0.15) is 17.7 Å². The Kier molecular flexibility index (Phi) is 12.3. The van der Waals surface area contributed by atoms with Crippen molar-refractivity contribution in [1.29, 1.82) is 0 Å². The third-order valence-electron chi connectivity index (χ3n) is 11.8. The second kappa shape index (κ2) is 17.9. The quantitative estimate of drug-likeness (QED) is 0.0666. The van der Waals surface area contributed by atoms with Gasteiger partial charge in [0.05, 0.1) is 43.0 Å². The number of imidazole rings is 2. The third kappa shape index (κ3) is 9.04. The van der Waals surface area contributed by atoms with E-state index in [1.165, 1.54) is 39.9 Å². The lowest BCUT2D eigenvalue weighted by molar-refractivity contribution is -0.137. The maximum absolute atomic E-state index is 13.5. The van der Waals surface area contributed by atoms with Crippen LogP contribution in [0, 0.1) is 11.8 Å². The Labute approximate surface area is 333 Å². The summed E-state index contributed by atoms with van der Waals surface area (Å²) in [7, 11) is 2.79. The first-order chi connectivity index (χ1) is 27.7. The van der Waals surface area contributed by atoms with E-state index in [1.54, 1.807) is 11.8 Å². The Morgan fingerprint density at radius 3 is 2.04 bits per heavy atom. The first-order valence-corrected chi connectivity index (χ1v) is 19.7. The number of carbonyl (C=O) groups excluding carboxylic acids is 3. The average molecular weight is 773 g/mol. The molecule has 6 unspecified atom stereocenters. The number of fused-ring (bicyclic) bond motifs is 2. The number of nitrogen functional groups attached to an aromatic ring is 1. The Balaban J connectivity index is 0.000000391. The van der Waals surface area contributed by atoms with Gasteiger partial charge in [-0.2, -0.15) is 0 Å². The maximum atomic E-state index is 13.5. The number of rotatable bonds is 12. The van der Waals surface area contributed by atoms with E-state index in [0.717, 1.165) is 81.2 Å². The molecule has 298 valence electrons. The number of benzene rings is 3. The molecule has 3 fully saturated rings. The number of ether oxygens (including phenoxy) is 2. The van der Waals surface area contributed by atoms with Crippen LogP contribution >= 0.6 is 0 Å². The molecule has 13 nitrogen and oxygen atoms in total. The fraction of sp³-hybridized carbons (Fsp3) is 0.386. The number of alkyl carbamates (subject to hydrolysis) is 1. The molecule has 2 aromatic heterocycles. The van der Waals surface area contributed by atoms with E-state index in [0.29, 0.717) is 25.4 Å². The highest BCUT2D eigenvalue weighted by Gasteiger charge is 2.42. The zero-order valence-corrected chi connectivity index (χ0v) is 32.7. The largest absolute Gasteiger partial charge is 0.453 e. The normalized spacial score (nSPS) is 20.6.